The summed E-state index contributed by atoms with van der Waals surface area (Å²) in [6.45, 7) is 2.91. The van der Waals surface area contributed by atoms with E-state index in [2.05, 4.69) is 60.8 Å². The molecule has 1 aliphatic heterocycles. The van der Waals surface area contributed by atoms with Gasteiger partial charge < -0.3 is 10.1 Å². The van der Waals surface area contributed by atoms with E-state index < -0.39 is 0 Å². The van der Waals surface area contributed by atoms with Crippen LogP contribution in [0.2, 0.25) is 0 Å². The number of fused-ring (bicyclic) bond motifs is 1. The van der Waals surface area contributed by atoms with Crippen LogP contribution in [0.1, 0.15) is 30.0 Å². The highest BCUT2D eigenvalue weighted by molar-refractivity contribution is 7.99. The van der Waals surface area contributed by atoms with Gasteiger partial charge in [0, 0.05) is 22.6 Å². The fourth-order valence-corrected chi connectivity index (χ4v) is 3.82. The van der Waals surface area contributed by atoms with E-state index in [1.54, 1.807) is 0 Å². The minimum Gasteiger partial charge on any atom is -0.493 e. The summed E-state index contributed by atoms with van der Waals surface area (Å²) in [6, 6.07) is 17.4. The third-order valence-electron chi connectivity index (χ3n) is 4.06. The Kier molecular flexibility index (Phi) is 4.51. The lowest BCUT2D eigenvalue weighted by atomic mass is 10.0. The van der Waals surface area contributed by atoms with Crippen molar-refractivity contribution in [2.75, 3.05) is 19.4 Å². The summed E-state index contributed by atoms with van der Waals surface area (Å²) in [5, 5.41) is 3.24. The van der Waals surface area contributed by atoms with E-state index in [0.717, 1.165) is 18.1 Å². The average molecular weight is 299 g/mol. The van der Waals surface area contributed by atoms with Crippen molar-refractivity contribution in [3.05, 3.63) is 59.7 Å². The molecule has 2 nitrogen and oxygen atoms in total. The van der Waals surface area contributed by atoms with Gasteiger partial charge in [-0.25, -0.2) is 0 Å². The summed E-state index contributed by atoms with van der Waals surface area (Å²) in [4.78, 5) is 1.41. The molecule has 0 spiro atoms. The molecular formula is C18H21NOS. The van der Waals surface area contributed by atoms with Crippen LogP contribution in [-0.2, 0) is 0 Å². The smallest absolute Gasteiger partial charge is 0.119 e. The van der Waals surface area contributed by atoms with Gasteiger partial charge in [0.15, 0.2) is 0 Å². The quantitative estimate of drug-likeness (QED) is 0.892. The van der Waals surface area contributed by atoms with Crippen LogP contribution in [0.4, 0.5) is 0 Å². The Morgan fingerprint density at radius 2 is 1.95 bits per heavy atom. The van der Waals surface area contributed by atoms with E-state index in [0.29, 0.717) is 12.0 Å². The number of nitrogens with one attached hydrogen (secondary N) is 1. The molecule has 1 N–H and O–H groups in total. The highest BCUT2D eigenvalue weighted by Gasteiger charge is 2.23. The molecule has 110 valence electrons. The van der Waals surface area contributed by atoms with Crippen molar-refractivity contribution in [3.8, 4) is 5.75 Å². The summed E-state index contributed by atoms with van der Waals surface area (Å²) in [7, 11) is 1.98. The molecule has 1 heterocycles. The number of ether oxygens (including phenoxy) is 1. The van der Waals surface area contributed by atoms with Crippen LogP contribution in [0, 0.1) is 0 Å². The molecule has 0 aliphatic carbocycles. The van der Waals surface area contributed by atoms with Crippen LogP contribution in [-0.4, -0.2) is 19.4 Å². The molecule has 0 radical (unpaired) electrons. The summed E-state index contributed by atoms with van der Waals surface area (Å²) < 4.78 is 5.98. The van der Waals surface area contributed by atoms with Crippen molar-refractivity contribution in [2.45, 2.75) is 23.8 Å². The lowest BCUT2D eigenvalue weighted by Gasteiger charge is -2.14. The van der Waals surface area contributed by atoms with E-state index in [9.17, 15) is 0 Å². The lowest BCUT2D eigenvalue weighted by Crippen LogP contribution is -2.12. The van der Waals surface area contributed by atoms with Crippen molar-refractivity contribution in [1.82, 2.24) is 5.32 Å². The predicted octanol–water partition coefficient (Wildman–Crippen LogP) is 4.24. The van der Waals surface area contributed by atoms with E-state index in [1.807, 2.05) is 18.8 Å². The normalized spacial score (nSPS) is 18.3. The van der Waals surface area contributed by atoms with Gasteiger partial charge in [-0.2, -0.15) is 0 Å². The molecule has 0 saturated heterocycles. The second-order valence-corrected chi connectivity index (χ2v) is 6.50. The van der Waals surface area contributed by atoms with E-state index >= 15 is 0 Å². The number of benzene rings is 2. The van der Waals surface area contributed by atoms with Crippen LogP contribution in [0.25, 0.3) is 0 Å². The molecule has 1 aliphatic rings. The summed E-state index contributed by atoms with van der Waals surface area (Å²) in [5.74, 6) is 2.58. The van der Waals surface area contributed by atoms with Gasteiger partial charge in [-0.1, -0.05) is 30.3 Å². The van der Waals surface area contributed by atoms with E-state index in [4.69, 9.17) is 4.74 Å². The van der Waals surface area contributed by atoms with Crippen molar-refractivity contribution >= 4 is 11.8 Å². The monoisotopic (exact) mass is 299 g/mol. The van der Waals surface area contributed by atoms with Gasteiger partial charge in [0.2, 0.25) is 0 Å². The van der Waals surface area contributed by atoms with Gasteiger partial charge in [-0.15, -0.1) is 11.8 Å². The number of rotatable bonds is 5. The van der Waals surface area contributed by atoms with Crippen molar-refractivity contribution in [3.63, 3.8) is 0 Å². The molecular weight excluding hydrogens is 278 g/mol. The van der Waals surface area contributed by atoms with Crippen LogP contribution in [0.3, 0.4) is 0 Å². The molecule has 2 aromatic rings. The van der Waals surface area contributed by atoms with Gasteiger partial charge >= 0.3 is 0 Å². The van der Waals surface area contributed by atoms with Crippen LogP contribution in [0.15, 0.2) is 53.4 Å². The largest absolute Gasteiger partial charge is 0.493 e. The Labute approximate surface area is 130 Å². The summed E-state index contributed by atoms with van der Waals surface area (Å²) in [5.41, 5.74) is 2.72. The minimum absolute atomic E-state index is 0.372. The Bertz CT molecular complexity index is 596. The molecule has 0 aromatic heterocycles. The van der Waals surface area contributed by atoms with Gasteiger partial charge in [-0.3, -0.25) is 0 Å². The second kappa shape index (κ2) is 6.54. The molecule has 3 rings (SSSR count). The first-order valence-electron chi connectivity index (χ1n) is 7.39. The highest BCUT2D eigenvalue weighted by Crippen LogP contribution is 2.39. The molecule has 21 heavy (non-hydrogen) atoms. The van der Waals surface area contributed by atoms with Gasteiger partial charge in [0.05, 0.1) is 6.61 Å². The molecule has 2 aromatic carbocycles. The third-order valence-corrected chi connectivity index (χ3v) is 5.31. The highest BCUT2D eigenvalue weighted by atomic mass is 32.2. The SMILES string of the molecule is CNC(C)c1ccc(OCC2CSc3ccccc32)cc1. The Morgan fingerprint density at radius 3 is 2.71 bits per heavy atom. The van der Waals surface area contributed by atoms with Gasteiger partial charge in [0.1, 0.15) is 5.75 Å². The molecule has 0 fully saturated rings. The first kappa shape index (κ1) is 14.5. The van der Waals surface area contributed by atoms with Crippen molar-refractivity contribution < 1.29 is 4.74 Å². The lowest BCUT2D eigenvalue weighted by molar-refractivity contribution is 0.298. The molecule has 3 heteroatoms. The zero-order valence-electron chi connectivity index (χ0n) is 12.5. The summed E-state index contributed by atoms with van der Waals surface area (Å²) >= 11 is 1.93. The summed E-state index contributed by atoms with van der Waals surface area (Å²) in [6.07, 6.45) is 0. The van der Waals surface area contributed by atoms with Gasteiger partial charge in [0.25, 0.3) is 0 Å². The molecule has 0 saturated carbocycles. The average Bonchev–Trinajstić information content (AvgIpc) is 2.96. The first-order valence-corrected chi connectivity index (χ1v) is 8.38. The fraction of sp³-hybridized carbons (Fsp3) is 0.333. The van der Waals surface area contributed by atoms with E-state index in [1.165, 1.54) is 16.0 Å². The zero-order chi connectivity index (χ0) is 14.7. The topological polar surface area (TPSA) is 21.3 Å². The molecule has 2 atom stereocenters. The fourth-order valence-electron chi connectivity index (χ4n) is 2.58. The Hall–Kier alpha value is -1.45. The van der Waals surface area contributed by atoms with Crippen LogP contribution in [0.5, 0.6) is 5.75 Å². The Balaban J connectivity index is 1.61. The molecule has 0 bridgehead atoms. The predicted molar refractivity (Wildman–Crippen MR) is 89.3 cm³/mol. The number of thioether (sulfide) groups is 1. The molecule has 0 amide bonds. The van der Waals surface area contributed by atoms with E-state index in [-0.39, 0.29) is 0 Å². The van der Waals surface area contributed by atoms with Crippen LogP contribution < -0.4 is 10.1 Å². The maximum absolute atomic E-state index is 5.98. The standard InChI is InChI=1S/C18H21NOS/c1-13(19-2)14-7-9-16(10-8-14)20-11-15-12-21-18-6-4-3-5-17(15)18/h3-10,13,15,19H,11-12H2,1-2H3. The van der Waals surface area contributed by atoms with Crippen molar-refractivity contribution in [2.24, 2.45) is 0 Å². The Morgan fingerprint density at radius 1 is 1.19 bits per heavy atom. The zero-order valence-corrected chi connectivity index (χ0v) is 13.3. The van der Waals surface area contributed by atoms with Gasteiger partial charge in [-0.05, 0) is 43.3 Å². The first-order chi connectivity index (χ1) is 10.3. The third kappa shape index (κ3) is 3.25. The second-order valence-electron chi connectivity index (χ2n) is 5.44. The molecule has 2 unspecified atom stereocenters. The number of hydrogen-bond acceptors (Lipinski definition) is 3. The number of hydrogen-bond donors (Lipinski definition) is 1. The van der Waals surface area contributed by atoms with Crippen molar-refractivity contribution in [1.29, 1.82) is 0 Å². The van der Waals surface area contributed by atoms with Crippen LogP contribution >= 0.6 is 11.8 Å². The maximum Gasteiger partial charge on any atom is 0.119 e. The minimum atomic E-state index is 0.372. The maximum atomic E-state index is 5.98.